The molecule has 0 aliphatic heterocycles. The summed E-state index contributed by atoms with van der Waals surface area (Å²) in [5.41, 5.74) is 0.118. The summed E-state index contributed by atoms with van der Waals surface area (Å²) in [4.78, 5) is 20.0. The van der Waals surface area contributed by atoms with E-state index in [1.54, 1.807) is 0 Å². The van der Waals surface area contributed by atoms with E-state index >= 15 is 0 Å². The first-order valence-electron chi connectivity index (χ1n) is 3.54. The van der Waals surface area contributed by atoms with Crippen LogP contribution in [0.25, 0.3) is 0 Å². The highest BCUT2D eigenvalue weighted by molar-refractivity contribution is 8.00. The predicted octanol–water partition coefficient (Wildman–Crippen LogP) is -0.532. The Morgan fingerprint density at radius 3 is 2.86 bits per heavy atom. The maximum atomic E-state index is 10.5. The lowest BCUT2D eigenvalue weighted by Gasteiger charge is -1.97. The van der Waals surface area contributed by atoms with Crippen molar-refractivity contribution >= 4 is 23.4 Å². The summed E-state index contributed by atoms with van der Waals surface area (Å²) >= 11 is 0.758. The molecule has 1 N–H and O–H groups in total. The lowest BCUT2D eigenvalue weighted by Crippen LogP contribution is -2.24. The monoisotopic (exact) mass is 216 g/mol. The number of nitrogens with one attached hydrogen (secondary N) is 1. The van der Waals surface area contributed by atoms with Gasteiger partial charge in [-0.15, -0.1) is 0 Å². The molecule has 0 bridgehead atoms. The van der Waals surface area contributed by atoms with Crippen LogP contribution < -0.4 is 5.11 Å². The quantitative estimate of drug-likeness (QED) is 0.411. The highest BCUT2D eigenvalue weighted by Crippen LogP contribution is 2.28. The number of thioether (sulfide) groups is 1. The van der Waals surface area contributed by atoms with E-state index in [9.17, 15) is 20.0 Å². The van der Waals surface area contributed by atoms with Gasteiger partial charge in [0.25, 0.3) is 0 Å². The molecule has 0 aliphatic rings. The minimum absolute atomic E-state index is 0.0664. The molecule has 0 radical (unpaired) electrons. The van der Waals surface area contributed by atoms with Crippen LogP contribution in [0.2, 0.25) is 0 Å². The van der Waals surface area contributed by atoms with Crippen LogP contribution in [0, 0.1) is 17.0 Å². The number of carbonyl (C=O) groups is 1. The average Bonchev–Trinajstić information content (AvgIpc) is 2.43. The first kappa shape index (κ1) is 10.5. The van der Waals surface area contributed by atoms with Gasteiger partial charge in [-0.05, 0) is 6.92 Å². The lowest BCUT2D eigenvalue weighted by atomic mass is 10.4. The second kappa shape index (κ2) is 4.09. The van der Waals surface area contributed by atoms with Crippen LogP contribution in [0.3, 0.4) is 0 Å². The van der Waals surface area contributed by atoms with Crippen molar-refractivity contribution in [1.82, 2.24) is 10.2 Å². The summed E-state index contributed by atoms with van der Waals surface area (Å²) in [6.45, 7) is 1.49. The SMILES string of the molecule is Cc1[nH]nc(SCC(=O)[O-])c1[N+](=O)[O-]. The van der Waals surface area contributed by atoms with Crippen molar-refractivity contribution in [2.75, 3.05) is 5.75 Å². The van der Waals surface area contributed by atoms with Gasteiger partial charge in [-0.25, -0.2) is 0 Å². The molecule has 0 aliphatic carbocycles. The maximum absolute atomic E-state index is 10.5. The van der Waals surface area contributed by atoms with Gasteiger partial charge in [0, 0.05) is 5.75 Å². The van der Waals surface area contributed by atoms with E-state index in [2.05, 4.69) is 10.2 Å². The van der Waals surface area contributed by atoms with Crippen molar-refractivity contribution in [3.63, 3.8) is 0 Å². The van der Waals surface area contributed by atoms with Gasteiger partial charge in [-0.2, -0.15) is 5.10 Å². The van der Waals surface area contributed by atoms with E-state index in [4.69, 9.17) is 0 Å². The molecule has 0 saturated carbocycles. The summed E-state index contributed by atoms with van der Waals surface area (Å²) in [6.07, 6.45) is 0. The van der Waals surface area contributed by atoms with E-state index < -0.39 is 10.9 Å². The number of nitrogens with zero attached hydrogens (tertiary/aromatic N) is 2. The standard InChI is InChI=1S/C6H7N3O4S/c1-3-5(9(12)13)6(8-7-3)14-2-4(10)11/h2H2,1H3,(H,7,8)(H,10,11)/p-1. The van der Waals surface area contributed by atoms with Crippen molar-refractivity contribution in [3.05, 3.63) is 15.8 Å². The molecular weight excluding hydrogens is 210 g/mol. The number of aliphatic carboxylic acids is 1. The number of aromatic amines is 1. The second-order valence-electron chi connectivity index (χ2n) is 2.42. The summed E-state index contributed by atoms with van der Waals surface area (Å²) in [7, 11) is 0. The Kier molecular flexibility index (Phi) is 3.07. The number of rotatable bonds is 4. The number of aryl methyl sites for hydroxylation is 1. The van der Waals surface area contributed by atoms with Gasteiger partial charge in [0.05, 0.1) is 10.9 Å². The number of carbonyl (C=O) groups excluding carboxylic acids is 1. The Hall–Kier alpha value is -1.57. The van der Waals surface area contributed by atoms with Crippen LogP contribution in [0.4, 0.5) is 5.69 Å². The molecule has 0 atom stereocenters. The van der Waals surface area contributed by atoms with Gasteiger partial charge in [-0.3, -0.25) is 15.2 Å². The van der Waals surface area contributed by atoms with Crippen LogP contribution >= 0.6 is 11.8 Å². The third-order valence-electron chi connectivity index (χ3n) is 1.39. The summed E-state index contributed by atoms with van der Waals surface area (Å²) in [5, 5.41) is 26.7. The zero-order valence-electron chi connectivity index (χ0n) is 7.14. The van der Waals surface area contributed by atoms with Crippen molar-refractivity contribution in [1.29, 1.82) is 0 Å². The van der Waals surface area contributed by atoms with Crippen molar-refractivity contribution in [2.24, 2.45) is 0 Å². The molecule has 0 amide bonds. The molecular formula is C6H6N3O4S-. The van der Waals surface area contributed by atoms with Crippen LogP contribution in [0.1, 0.15) is 5.69 Å². The summed E-state index contributed by atoms with van der Waals surface area (Å²) in [5.74, 6) is -1.64. The minimum Gasteiger partial charge on any atom is -0.549 e. The van der Waals surface area contributed by atoms with Gasteiger partial charge in [0.15, 0.2) is 5.03 Å². The van der Waals surface area contributed by atoms with Gasteiger partial charge in [-0.1, -0.05) is 11.8 Å². The number of carboxylic acid groups (broad SMARTS) is 1. The number of H-pyrrole nitrogens is 1. The van der Waals surface area contributed by atoms with E-state index in [1.165, 1.54) is 6.92 Å². The zero-order valence-corrected chi connectivity index (χ0v) is 7.96. The molecule has 1 aromatic rings. The normalized spacial score (nSPS) is 10.1. The first-order valence-corrected chi connectivity index (χ1v) is 4.53. The van der Waals surface area contributed by atoms with Crippen molar-refractivity contribution in [3.8, 4) is 0 Å². The van der Waals surface area contributed by atoms with Gasteiger partial charge >= 0.3 is 5.69 Å². The summed E-state index contributed by atoms with van der Waals surface area (Å²) < 4.78 is 0. The smallest absolute Gasteiger partial charge is 0.323 e. The molecule has 76 valence electrons. The number of aromatic nitrogens is 2. The fraction of sp³-hybridized carbons (Fsp3) is 0.333. The van der Waals surface area contributed by atoms with E-state index in [0.717, 1.165) is 11.8 Å². The lowest BCUT2D eigenvalue weighted by molar-refractivity contribution is -0.388. The molecule has 0 fully saturated rings. The van der Waals surface area contributed by atoms with E-state index in [0.29, 0.717) is 5.69 Å². The molecule has 1 aromatic heterocycles. The van der Waals surface area contributed by atoms with Gasteiger partial charge < -0.3 is 9.90 Å². The van der Waals surface area contributed by atoms with E-state index in [1.807, 2.05) is 0 Å². The Morgan fingerprint density at radius 1 is 1.71 bits per heavy atom. The Balaban J connectivity index is 2.86. The predicted molar refractivity (Wildman–Crippen MR) is 45.7 cm³/mol. The number of hydrogen-bond donors (Lipinski definition) is 1. The summed E-state index contributed by atoms with van der Waals surface area (Å²) in [6, 6.07) is 0. The van der Waals surface area contributed by atoms with Crippen molar-refractivity contribution in [2.45, 2.75) is 11.9 Å². The Morgan fingerprint density at radius 2 is 2.36 bits per heavy atom. The third-order valence-corrected chi connectivity index (χ3v) is 2.33. The maximum Gasteiger partial charge on any atom is 0.323 e. The highest BCUT2D eigenvalue weighted by Gasteiger charge is 2.21. The highest BCUT2D eigenvalue weighted by atomic mass is 32.2. The van der Waals surface area contributed by atoms with E-state index in [-0.39, 0.29) is 16.5 Å². The van der Waals surface area contributed by atoms with Crippen LogP contribution in [0.5, 0.6) is 0 Å². The Labute approximate surface area is 82.7 Å². The first-order chi connectivity index (χ1) is 6.52. The molecule has 8 heteroatoms. The minimum atomic E-state index is -1.29. The van der Waals surface area contributed by atoms with Crippen LogP contribution in [-0.2, 0) is 4.79 Å². The van der Waals surface area contributed by atoms with Crippen LogP contribution in [-0.4, -0.2) is 26.8 Å². The second-order valence-corrected chi connectivity index (χ2v) is 3.38. The molecule has 14 heavy (non-hydrogen) atoms. The number of nitro groups is 1. The molecule has 1 rings (SSSR count). The molecule has 0 aromatic carbocycles. The Bertz CT molecular complexity index is 375. The van der Waals surface area contributed by atoms with Gasteiger partial charge in [0.1, 0.15) is 5.69 Å². The molecule has 0 unspecified atom stereocenters. The molecule has 1 heterocycles. The largest absolute Gasteiger partial charge is 0.549 e. The average molecular weight is 216 g/mol. The molecule has 0 spiro atoms. The topological polar surface area (TPSA) is 112 Å². The van der Waals surface area contributed by atoms with Gasteiger partial charge in [0.2, 0.25) is 0 Å². The molecule has 7 nitrogen and oxygen atoms in total. The fourth-order valence-electron chi connectivity index (χ4n) is 0.844. The molecule has 0 saturated heterocycles. The number of carboxylic acids is 1. The van der Waals surface area contributed by atoms with Crippen molar-refractivity contribution < 1.29 is 14.8 Å². The zero-order chi connectivity index (χ0) is 10.7. The fourth-order valence-corrected chi connectivity index (χ4v) is 1.57. The third kappa shape index (κ3) is 2.22. The number of hydrogen-bond acceptors (Lipinski definition) is 6. The van der Waals surface area contributed by atoms with Crippen LogP contribution in [0.15, 0.2) is 5.03 Å².